The van der Waals surface area contributed by atoms with Gasteiger partial charge in [0.1, 0.15) is 0 Å². The first-order valence-electron chi connectivity index (χ1n) is 6.32. The SMILES string of the molecule is COc1ccc(CNc2ccc(C)cc2Cl)cc1[N+](=O)[O-]. The third-order valence-corrected chi connectivity index (χ3v) is 3.36. The van der Waals surface area contributed by atoms with E-state index in [-0.39, 0.29) is 11.4 Å². The molecule has 0 aliphatic heterocycles. The molecule has 0 saturated carbocycles. The van der Waals surface area contributed by atoms with Crippen LogP contribution in [0.5, 0.6) is 5.75 Å². The molecule has 0 unspecified atom stereocenters. The van der Waals surface area contributed by atoms with Crippen molar-refractivity contribution < 1.29 is 9.66 Å². The summed E-state index contributed by atoms with van der Waals surface area (Å²) in [5, 5.41) is 14.8. The second-order valence-corrected chi connectivity index (χ2v) is 5.01. The van der Waals surface area contributed by atoms with Crippen LogP contribution in [-0.4, -0.2) is 12.0 Å². The number of halogens is 1. The molecule has 1 N–H and O–H groups in total. The second kappa shape index (κ2) is 6.45. The molecule has 110 valence electrons. The molecule has 0 fully saturated rings. The van der Waals surface area contributed by atoms with Gasteiger partial charge in [-0.25, -0.2) is 0 Å². The number of hydrogen-bond acceptors (Lipinski definition) is 4. The van der Waals surface area contributed by atoms with Gasteiger partial charge in [0.25, 0.3) is 0 Å². The molecule has 0 aromatic heterocycles. The molecular formula is C15H15ClN2O3. The van der Waals surface area contributed by atoms with E-state index < -0.39 is 4.92 Å². The van der Waals surface area contributed by atoms with E-state index >= 15 is 0 Å². The van der Waals surface area contributed by atoms with E-state index in [1.54, 1.807) is 12.1 Å². The molecular weight excluding hydrogens is 292 g/mol. The Labute approximate surface area is 127 Å². The van der Waals surface area contributed by atoms with E-state index in [2.05, 4.69) is 5.32 Å². The highest BCUT2D eigenvalue weighted by Crippen LogP contribution is 2.28. The summed E-state index contributed by atoms with van der Waals surface area (Å²) >= 11 is 6.13. The molecule has 0 saturated heterocycles. The number of nitro benzene ring substituents is 1. The van der Waals surface area contributed by atoms with Crippen molar-refractivity contribution in [2.75, 3.05) is 12.4 Å². The Morgan fingerprint density at radius 3 is 2.67 bits per heavy atom. The van der Waals surface area contributed by atoms with Gasteiger partial charge in [-0.15, -0.1) is 0 Å². The predicted molar refractivity (Wildman–Crippen MR) is 83.2 cm³/mol. The number of methoxy groups -OCH3 is 1. The van der Waals surface area contributed by atoms with Crippen LogP contribution in [0.3, 0.4) is 0 Å². The maximum atomic E-state index is 11.0. The molecule has 0 aliphatic carbocycles. The van der Waals surface area contributed by atoms with Crippen molar-refractivity contribution in [2.45, 2.75) is 13.5 Å². The normalized spacial score (nSPS) is 10.2. The van der Waals surface area contributed by atoms with Crippen molar-refractivity contribution in [2.24, 2.45) is 0 Å². The van der Waals surface area contributed by atoms with Gasteiger partial charge in [0.2, 0.25) is 0 Å². The van der Waals surface area contributed by atoms with Crippen molar-refractivity contribution in [1.29, 1.82) is 0 Å². The molecule has 0 heterocycles. The highest BCUT2D eigenvalue weighted by Gasteiger charge is 2.15. The Hall–Kier alpha value is -2.27. The largest absolute Gasteiger partial charge is 0.490 e. The molecule has 0 amide bonds. The quantitative estimate of drug-likeness (QED) is 0.665. The van der Waals surface area contributed by atoms with Crippen LogP contribution in [-0.2, 0) is 6.54 Å². The van der Waals surface area contributed by atoms with Crippen LogP contribution in [0.4, 0.5) is 11.4 Å². The number of rotatable bonds is 5. The van der Waals surface area contributed by atoms with Gasteiger partial charge >= 0.3 is 5.69 Å². The number of ether oxygens (including phenoxy) is 1. The number of nitrogens with zero attached hydrogens (tertiary/aromatic N) is 1. The molecule has 2 aromatic carbocycles. The lowest BCUT2D eigenvalue weighted by Crippen LogP contribution is -2.02. The number of anilines is 1. The fourth-order valence-corrected chi connectivity index (χ4v) is 2.25. The van der Waals surface area contributed by atoms with Gasteiger partial charge in [0.15, 0.2) is 5.75 Å². The summed E-state index contributed by atoms with van der Waals surface area (Å²) in [6.07, 6.45) is 0. The van der Waals surface area contributed by atoms with Crippen molar-refractivity contribution in [3.8, 4) is 5.75 Å². The first kappa shape index (κ1) is 15.1. The van der Waals surface area contributed by atoms with Crippen LogP contribution in [0.15, 0.2) is 36.4 Å². The number of benzene rings is 2. The van der Waals surface area contributed by atoms with Crippen LogP contribution < -0.4 is 10.1 Å². The zero-order chi connectivity index (χ0) is 15.4. The summed E-state index contributed by atoms with van der Waals surface area (Å²) in [6, 6.07) is 10.6. The van der Waals surface area contributed by atoms with Gasteiger partial charge in [-0.2, -0.15) is 0 Å². The zero-order valence-corrected chi connectivity index (χ0v) is 12.5. The molecule has 0 atom stereocenters. The van der Waals surface area contributed by atoms with Crippen molar-refractivity contribution >= 4 is 23.0 Å². The number of nitrogens with one attached hydrogen (secondary N) is 1. The lowest BCUT2D eigenvalue weighted by molar-refractivity contribution is -0.385. The van der Waals surface area contributed by atoms with Gasteiger partial charge in [-0.05, 0) is 36.2 Å². The first-order chi connectivity index (χ1) is 10.0. The van der Waals surface area contributed by atoms with Crippen LogP contribution in [0.25, 0.3) is 0 Å². The van der Waals surface area contributed by atoms with E-state index in [1.807, 2.05) is 25.1 Å². The molecule has 0 radical (unpaired) electrons. The second-order valence-electron chi connectivity index (χ2n) is 4.60. The molecule has 5 nitrogen and oxygen atoms in total. The summed E-state index contributed by atoms with van der Waals surface area (Å²) in [4.78, 5) is 10.5. The maximum absolute atomic E-state index is 11.0. The van der Waals surface area contributed by atoms with Crippen molar-refractivity contribution in [1.82, 2.24) is 0 Å². The monoisotopic (exact) mass is 306 g/mol. The Kier molecular flexibility index (Phi) is 4.65. The van der Waals surface area contributed by atoms with Crippen LogP contribution in [0, 0.1) is 17.0 Å². The fraction of sp³-hybridized carbons (Fsp3) is 0.200. The highest BCUT2D eigenvalue weighted by molar-refractivity contribution is 6.33. The average Bonchev–Trinajstić information content (AvgIpc) is 2.46. The van der Waals surface area contributed by atoms with E-state index in [9.17, 15) is 10.1 Å². The lowest BCUT2D eigenvalue weighted by atomic mass is 10.1. The van der Waals surface area contributed by atoms with Gasteiger partial charge in [0.05, 0.1) is 22.7 Å². The summed E-state index contributed by atoms with van der Waals surface area (Å²) in [5.41, 5.74) is 2.59. The number of hydrogen-bond donors (Lipinski definition) is 1. The summed E-state index contributed by atoms with van der Waals surface area (Å²) in [6.45, 7) is 2.40. The first-order valence-corrected chi connectivity index (χ1v) is 6.70. The third kappa shape index (κ3) is 3.64. The molecule has 6 heteroatoms. The fourth-order valence-electron chi connectivity index (χ4n) is 1.95. The van der Waals surface area contributed by atoms with Crippen molar-refractivity contribution in [3.63, 3.8) is 0 Å². The zero-order valence-electron chi connectivity index (χ0n) is 11.7. The lowest BCUT2D eigenvalue weighted by Gasteiger charge is -2.10. The predicted octanol–water partition coefficient (Wildman–Crippen LogP) is 4.18. The molecule has 0 spiro atoms. The Bertz CT molecular complexity index is 674. The van der Waals surface area contributed by atoms with E-state index in [0.717, 1.165) is 16.8 Å². The van der Waals surface area contributed by atoms with Gasteiger partial charge in [-0.3, -0.25) is 10.1 Å². The molecule has 0 bridgehead atoms. The number of nitro groups is 1. The molecule has 21 heavy (non-hydrogen) atoms. The Morgan fingerprint density at radius 1 is 1.29 bits per heavy atom. The van der Waals surface area contributed by atoms with Gasteiger partial charge < -0.3 is 10.1 Å². The Morgan fingerprint density at radius 2 is 2.05 bits per heavy atom. The van der Waals surface area contributed by atoms with E-state index in [4.69, 9.17) is 16.3 Å². The molecule has 2 rings (SSSR count). The Balaban J connectivity index is 2.16. The van der Waals surface area contributed by atoms with E-state index in [1.165, 1.54) is 13.2 Å². The summed E-state index contributed by atoms with van der Waals surface area (Å²) < 4.78 is 4.97. The summed E-state index contributed by atoms with van der Waals surface area (Å²) in [7, 11) is 1.41. The minimum absolute atomic E-state index is 0.0493. The van der Waals surface area contributed by atoms with Gasteiger partial charge in [0, 0.05) is 12.6 Å². The number of aryl methyl sites for hydroxylation is 1. The van der Waals surface area contributed by atoms with E-state index in [0.29, 0.717) is 11.6 Å². The van der Waals surface area contributed by atoms with Gasteiger partial charge in [-0.1, -0.05) is 23.7 Å². The standard InChI is InChI=1S/C15H15ClN2O3/c1-10-3-5-13(12(16)7-10)17-9-11-4-6-15(21-2)14(8-11)18(19)20/h3-8,17H,9H2,1-2H3. The topological polar surface area (TPSA) is 64.4 Å². The summed E-state index contributed by atoms with van der Waals surface area (Å²) in [5.74, 6) is 0.247. The third-order valence-electron chi connectivity index (χ3n) is 3.05. The molecule has 0 aliphatic rings. The average molecular weight is 307 g/mol. The van der Waals surface area contributed by atoms with Crippen LogP contribution in [0.1, 0.15) is 11.1 Å². The van der Waals surface area contributed by atoms with Crippen molar-refractivity contribution in [3.05, 3.63) is 62.7 Å². The highest BCUT2D eigenvalue weighted by atomic mass is 35.5. The minimum atomic E-state index is -0.457. The smallest absolute Gasteiger partial charge is 0.311 e. The van der Waals surface area contributed by atoms with Crippen LogP contribution in [0.2, 0.25) is 5.02 Å². The molecule has 2 aromatic rings. The maximum Gasteiger partial charge on any atom is 0.311 e. The minimum Gasteiger partial charge on any atom is -0.490 e. The van der Waals surface area contributed by atoms with Crippen LogP contribution >= 0.6 is 11.6 Å².